The maximum Gasteiger partial charge on any atom is 0.122 e. The van der Waals surface area contributed by atoms with Gasteiger partial charge in [0.25, 0.3) is 0 Å². The van der Waals surface area contributed by atoms with Crippen molar-refractivity contribution < 1.29 is 9.84 Å². The van der Waals surface area contributed by atoms with Gasteiger partial charge in [0.2, 0.25) is 0 Å². The van der Waals surface area contributed by atoms with Gasteiger partial charge in [-0.3, -0.25) is 0 Å². The number of hydrogen-bond donors (Lipinski definition) is 1. The Labute approximate surface area is 127 Å². The third kappa shape index (κ3) is 2.91. The van der Waals surface area contributed by atoms with E-state index >= 15 is 0 Å². The molecule has 3 rings (SSSR count). The number of nitrogens with zero attached hydrogens (tertiary/aromatic N) is 1. The summed E-state index contributed by atoms with van der Waals surface area (Å²) in [6.45, 7) is 1.99. The highest BCUT2D eigenvalue weighted by atomic mass is 32.1. The Morgan fingerprint density at radius 3 is 2.81 bits per heavy atom. The first-order chi connectivity index (χ1) is 10.2. The van der Waals surface area contributed by atoms with Crippen molar-refractivity contribution in [3.05, 3.63) is 58.6 Å². The van der Waals surface area contributed by atoms with Crippen LogP contribution in [0.3, 0.4) is 0 Å². The molecule has 4 heteroatoms. The second-order valence-electron chi connectivity index (χ2n) is 5.02. The fourth-order valence-electron chi connectivity index (χ4n) is 2.33. The molecule has 0 saturated heterocycles. The molecule has 0 radical (unpaired) electrons. The molecule has 3 nitrogen and oxygen atoms in total. The quantitative estimate of drug-likeness (QED) is 0.794. The van der Waals surface area contributed by atoms with Crippen LogP contribution in [0.5, 0.6) is 5.75 Å². The molecule has 1 heterocycles. The molecule has 1 aromatic heterocycles. The summed E-state index contributed by atoms with van der Waals surface area (Å²) >= 11 is 1.63. The molecule has 2 aromatic carbocycles. The van der Waals surface area contributed by atoms with Crippen molar-refractivity contribution in [2.24, 2.45) is 0 Å². The summed E-state index contributed by atoms with van der Waals surface area (Å²) in [6.07, 6.45) is -0.0500. The molecule has 0 fully saturated rings. The fraction of sp³-hybridized carbons (Fsp3) is 0.235. The van der Waals surface area contributed by atoms with E-state index < -0.39 is 6.10 Å². The molecule has 0 aliphatic heterocycles. The van der Waals surface area contributed by atoms with Crippen molar-refractivity contribution in [3.8, 4) is 5.75 Å². The second-order valence-corrected chi connectivity index (χ2v) is 6.14. The van der Waals surface area contributed by atoms with Gasteiger partial charge in [0.15, 0.2) is 0 Å². The number of rotatable bonds is 4. The van der Waals surface area contributed by atoms with E-state index in [-0.39, 0.29) is 0 Å². The molecular weight excluding hydrogens is 282 g/mol. The monoisotopic (exact) mass is 299 g/mol. The average Bonchev–Trinajstić information content (AvgIpc) is 2.89. The van der Waals surface area contributed by atoms with E-state index in [0.29, 0.717) is 6.42 Å². The Balaban J connectivity index is 1.83. The van der Waals surface area contributed by atoms with Crippen molar-refractivity contribution in [1.29, 1.82) is 0 Å². The molecule has 1 unspecified atom stereocenters. The Morgan fingerprint density at radius 2 is 2.05 bits per heavy atom. The van der Waals surface area contributed by atoms with Gasteiger partial charge in [-0.05, 0) is 36.2 Å². The number of aliphatic hydroxyl groups is 1. The molecule has 108 valence electrons. The summed E-state index contributed by atoms with van der Waals surface area (Å²) in [7, 11) is 1.64. The van der Waals surface area contributed by atoms with Gasteiger partial charge in [-0.25, -0.2) is 4.98 Å². The smallest absolute Gasteiger partial charge is 0.122 e. The Hall–Kier alpha value is -1.91. The first-order valence-electron chi connectivity index (χ1n) is 6.84. The third-order valence-corrected chi connectivity index (χ3v) is 4.58. The van der Waals surface area contributed by atoms with Crippen molar-refractivity contribution >= 4 is 21.6 Å². The van der Waals surface area contributed by atoms with Crippen LogP contribution in [0.15, 0.2) is 42.5 Å². The number of hydrogen-bond acceptors (Lipinski definition) is 4. The molecule has 0 aliphatic carbocycles. The van der Waals surface area contributed by atoms with Crippen molar-refractivity contribution in [1.82, 2.24) is 4.98 Å². The number of fused-ring (bicyclic) bond motifs is 1. The standard InChI is InChI=1S/C17H17NO2S/c1-11-7-8-12(9-15(11)20-2)14(19)10-17-18-13-5-3-4-6-16(13)21-17/h3-9,14,19H,10H2,1-2H3. The van der Waals surface area contributed by atoms with Crippen LogP contribution in [0, 0.1) is 6.92 Å². The Morgan fingerprint density at radius 1 is 1.24 bits per heavy atom. The van der Waals surface area contributed by atoms with E-state index in [9.17, 15) is 5.11 Å². The summed E-state index contributed by atoms with van der Waals surface area (Å²) in [5, 5.41) is 11.4. The number of aliphatic hydroxyl groups excluding tert-OH is 1. The van der Waals surface area contributed by atoms with Gasteiger partial charge in [0, 0.05) is 6.42 Å². The van der Waals surface area contributed by atoms with Gasteiger partial charge in [-0.1, -0.05) is 24.3 Å². The topological polar surface area (TPSA) is 42.4 Å². The summed E-state index contributed by atoms with van der Waals surface area (Å²) in [4.78, 5) is 4.57. The Bertz CT molecular complexity index is 733. The van der Waals surface area contributed by atoms with Crippen LogP contribution in [0.25, 0.3) is 10.2 Å². The van der Waals surface area contributed by atoms with Crippen LogP contribution in [0.4, 0.5) is 0 Å². The van der Waals surface area contributed by atoms with Crippen molar-refractivity contribution in [2.75, 3.05) is 7.11 Å². The second kappa shape index (κ2) is 5.84. The van der Waals surface area contributed by atoms with E-state index in [0.717, 1.165) is 32.1 Å². The minimum absolute atomic E-state index is 0.519. The van der Waals surface area contributed by atoms with E-state index in [2.05, 4.69) is 11.1 Å². The van der Waals surface area contributed by atoms with Gasteiger partial charge >= 0.3 is 0 Å². The highest BCUT2D eigenvalue weighted by Crippen LogP contribution is 2.28. The number of para-hydroxylation sites is 1. The third-order valence-electron chi connectivity index (χ3n) is 3.52. The first-order valence-corrected chi connectivity index (χ1v) is 7.66. The SMILES string of the molecule is COc1cc(C(O)Cc2nc3ccccc3s2)ccc1C. The van der Waals surface area contributed by atoms with Gasteiger partial charge in [0.1, 0.15) is 5.75 Å². The number of aromatic nitrogens is 1. The Kier molecular flexibility index (Phi) is 3.90. The number of thiazole rings is 1. The van der Waals surface area contributed by atoms with Gasteiger partial charge in [-0.15, -0.1) is 11.3 Å². The summed E-state index contributed by atoms with van der Waals surface area (Å²) < 4.78 is 6.46. The number of benzene rings is 2. The molecule has 0 amide bonds. The lowest BCUT2D eigenvalue weighted by Gasteiger charge is -2.12. The van der Waals surface area contributed by atoms with E-state index in [1.165, 1.54) is 0 Å². The molecule has 0 spiro atoms. The molecule has 0 aliphatic rings. The lowest BCUT2D eigenvalue weighted by molar-refractivity contribution is 0.178. The van der Waals surface area contributed by atoms with Gasteiger partial charge in [0.05, 0.1) is 28.4 Å². The average molecular weight is 299 g/mol. The molecular formula is C17H17NO2S. The molecule has 1 N–H and O–H groups in total. The van der Waals surface area contributed by atoms with Crippen LogP contribution < -0.4 is 4.74 Å². The van der Waals surface area contributed by atoms with Crippen LogP contribution in [0.2, 0.25) is 0 Å². The summed E-state index contributed by atoms with van der Waals surface area (Å²) in [5.74, 6) is 0.802. The summed E-state index contributed by atoms with van der Waals surface area (Å²) in [6, 6.07) is 13.8. The zero-order chi connectivity index (χ0) is 14.8. The highest BCUT2D eigenvalue weighted by Gasteiger charge is 2.13. The number of ether oxygens (including phenoxy) is 1. The number of aryl methyl sites for hydroxylation is 1. The number of methoxy groups -OCH3 is 1. The lowest BCUT2D eigenvalue weighted by Crippen LogP contribution is -2.02. The van der Waals surface area contributed by atoms with E-state index in [1.807, 2.05) is 43.3 Å². The fourth-order valence-corrected chi connectivity index (χ4v) is 3.34. The van der Waals surface area contributed by atoms with E-state index in [4.69, 9.17) is 4.74 Å². The maximum atomic E-state index is 10.4. The van der Waals surface area contributed by atoms with Gasteiger partial charge < -0.3 is 9.84 Å². The summed E-state index contributed by atoms with van der Waals surface area (Å²) in [5.41, 5.74) is 2.91. The minimum atomic E-state index is -0.569. The van der Waals surface area contributed by atoms with Crippen LogP contribution in [-0.4, -0.2) is 17.2 Å². The minimum Gasteiger partial charge on any atom is -0.496 e. The predicted octanol–water partition coefficient (Wildman–Crippen LogP) is 3.89. The molecule has 1 atom stereocenters. The largest absolute Gasteiger partial charge is 0.496 e. The zero-order valence-electron chi connectivity index (χ0n) is 12.0. The predicted molar refractivity (Wildman–Crippen MR) is 86.0 cm³/mol. The van der Waals surface area contributed by atoms with Crippen LogP contribution in [-0.2, 0) is 6.42 Å². The zero-order valence-corrected chi connectivity index (χ0v) is 12.9. The molecule has 0 bridgehead atoms. The lowest BCUT2D eigenvalue weighted by atomic mass is 10.0. The molecule has 21 heavy (non-hydrogen) atoms. The van der Waals surface area contributed by atoms with Gasteiger partial charge in [-0.2, -0.15) is 0 Å². The molecule has 0 saturated carbocycles. The van der Waals surface area contributed by atoms with Crippen molar-refractivity contribution in [2.45, 2.75) is 19.4 Å². The molecule has 3 aromatic rings. The first kappa shape index (κ1) is 14.0. The highest BCUT2D eigenvalue weighted by molar-refractivity contribution is 7.18. The van der Waals surface area contributed by atoms with E-state index in [1.54, 1.807) is 18.4 Å². The van der Waals surface area contributed by atoms with Crippen LogP contribution in [0.1, 0.15) is 22.2 Å². The van der Waals surface area contributed by atoms with Crippen LogP contribution >= 0.6 is 11.3 Å². The van der Waals surface area contributed by atoms with Crippen molar-refractivity contribution in [3.63, 3.8) is 0 Å². The maximum absolute atomic E-state index is 10.4. The normalized spacial score (nSPS) is 12.5.